The number of carbonyl (C=O) groups excluding carboxylic acids is 1. The lowest BCUT2D eigenvalue weighted by atomic mass is 9.97. The maximum absolute atomic E-state index is 12.6. The molecule has 8 nitrogen and oxygen atoms in total. The Labute approximate surface area is 156 Å². The van der Waals surface area contributed by atoms with Crippen LogP contribution in [0.2, 0.25) is 0 Å². The molecule has 0 radical (unpaired) electrons. The first-order valence-electron chi connectivity index (χ1n) is 8.48. The zero-order valence-corrected chi connectivity index (χ0v) is 15.5. The molecular weight excluding hydrogens is 372 g/mol. The van der Waals surface area contributed by atoms with Crippen LogP contribution in [0.1, 0.15) is 29.0 Å². The monoisotopic (exact) mass is 392 g/mol. The van der Waals surface area contributed by atoms with Crippen LogP contribution in [0.5, 0.6) is 0 Å². The number of rotatable bonds is 5. The summed E-state index contributed by atoms with van der Waals surface area (Å²) in [6, 6.07) is 9.69. The molecule has 2 heterocycles. The SMILES string of the molecule is Cc1ccc(NC(=O)C2CCN(S(=O)(=O)c3ccc(C(=O)O)o3)CC2)cc1. The first-order chi connectivity index (χ1) is 12.8. The molecule has 0 aliphatic carbocycles. The van der Waals surface area contributed by atoms with Gasteiger partial charge in [-0.3, -0.25) is 4.79 Å². The lowest BCUT2D eigenvalue weighted by Gasteiger charge is -2.29. The Balaban J connectivity index is 1.61. The van der Waals surface area contributed by atoms with Crippen LogP contribution in [-0.4, -0.2) is 42.8 Å². The number of nitrogens with zero attached hydrogens (tertiary/aromatic N) is 1. The third-order valence-electron chi connectivity index (χ3n) is 4.53. The van der Waals surface area contributed by atoms with Gasteiger partial charge in [-0.15, -0.1) is 0 Å². The maximum Gasteiger partial charge on any atom is 0.371 e. The van der Waals surface area contributed by atoms with Gasteiger partial charge in [-0.1, -0.05) is 17.7 Å². The number of carbonyl (C=O) groups is 2. The number of amides is 1. The first-order valence-corrected chi connectivity index (χ1v) is 9.92. The molecule has 3 rings (SSSR count). The topological polar surface area (TPSA) is 117 Å². The van der Waals surface area contributed by atoms with E-state index in [1.54, 1.807) is 0 Å². The highest BCUT2D eigenvalue weighted by Gasteiger charge is 2.34. The van der Waals surface area contributed by atoms with Gasteiger partial charge < -0.3 is 14.8 Å². The molecule has 0 spiro atoms. The van der Waals surface area contributed by atoms with Crippen molar-refractivity contribution < 1.29 is 27.5 Å². The van der Waals surface area contributed by atoms with Gasteiger partial charge in [-0.25, -0.2) is 13.2 Å². The van der Waals surface area contributed by atoms with Crippen LogP contribution >= 0.6 is 0 Å². The molecule has 1 aromatic carbocycles. The van der Waals surface area contributed by atoms with Crippen LogP contribution in [0.15, 0.2) is 45.9 Å². The number of piperidine rings is 1. The lowest BCUT2D eigenvalue weighted by molar-refractivity contribution is -0.120. The van der Waals surface area contributed by atoms with Gasteiger partial charge in [0.1, 0.15) is 0 Å². The molecule has 27 heavy (non-hydrogen) atoms. The second-order valence-corrected chi connectivity index (χ2v) is 8.33. The number of hydrogen-bond acceptors (Lipinski definition) is 5. The van der Waals surface area contributed by atoms with Crippen LogP contribution in [0, 0.1) is 12.8 Å². The molecule has 0 saturated carbocycles. The van der Waals surface area contributed by atoms with Crippen molar-refractivity contribution in [2.75, 3.05) is 18.4 Å². The summed E-state index contributed by atoms with van der Waals surface area (Å²) >= 11 is 0. The molecule has 1 aliphatic rings. The summed E-state index contributed by atoms with van der Waals surface area (Å²) in [6.45, 7) is 2.29. The highest BCUT2D eigenvalue weighted by Crippen LogP contribution is 2.26. The Morgan fingerprint density at radius 2 is 1.74 bits per heavy atom. The molecule has 0 atom stereocenters. The second-order valence-electron chi connectivity index (χ2n) is 6.46. The van der Waals surface area contributed by atoms with Gasteiger partial charge >= 0.3 is 5.97 Å². The molecule has 2 aromatic rings. The summed E-state index contributed by atoms with van der Waals surface area (Å²) in [5.41, 5.74) is 1.80. The summed E-state index contributed by atoms with van der Waals surface area (Å²) in [5.74, 6) is -2.19. The van der Waals surface area contributed by atoms with Gasteiger partial charge in [0.2, 0.25) is 16.8 Å². The lowest BCUT2D eigenvalue weighted by Crippen LogP contribution is -2.41. The highest BCUT2D eigenvalue weighted by atomic mass is 32.2. The van der Waals surface area contributed by atoms with Gasteiger partial charge in [-0.2, -0.15) is 4.31 Å². The molecule has 0 bridgehead atoms. The Bertz CT molecular complexity index is 940. The van der Waals surface area contributed by atoms with Gasteiger partial charge in [0.15, 0.2) is 0 Å². The smallest absolute Gasteiger partial charge is 0.371 e. The van der Waals surface area contributed by atoms with Crippen molar-refractivity contribution >= 4 is 27.6 Å². The van der Waals surface area contributed by atoms with Crippen molar-refractivity contribution in [1.82, 2.24) is 4.31 Å². The fraction of sp³-hybridized carbons (Fsp3) is 0.333. The predicted octanol–water partition coefficient (Wildman–Crippen LogP) is 2.33. The summed E-state index contributed by atoms with van der Waals surface area (Å²) in [6.07, 6.45) is 0.757. The number of aryl methyl sites for hydroxylation is 1. The van der Waals surface area contributed by atoms with Crippen LogP contribution in [0.3, 0.4) is 0 Å². The largest absolute Gasteiger partial charge is 0.475 e. The van der Waals surface area contributed by atoms with Crippen molar-refractivity contribution in [3.05, 3.63) is 47.7 Å². The summed E-state index contributed by atoms with van der Waals surface area (Å²) in [5, 5.41) is 11.3. The Kier molecular flexibility index (Phi) is 5.33. The number of carboxylic acids is 1. The predicted molar refractivity (Wildman–Crippen MR) is 97.0 cm³/mol. The van der Waals surface area contributed by atoms with Crippen molar-refractivity contribution in [1.29, 1.82) is 0 Å². The van der Waals surface area contributed by atoms with Gasteiger partial charge in [0.25, 0.3) is 10.0 Å². The molecule has 0 unspecified atom stereocenters. The van der Waals surface area contributed by atoms with Crippen molar-refractivity contribution in [2.24, 2.45) is 5.92 Å². The Morgan fingerprint density at radius 1 is 1.11 bits per heavy atom. The summed E-state index contributed by atoms with van der Waals surface area (Å²) in [7, 11) is -3.92. The average Bonchev–Trinajstić information content (AvgIpc) is 3.15. The van der Waals surface area contributed by atoms with Gasteiger partial charge in [0, 0.05) is 24.7 Å². The van der Waals surface area contributed by atoms with E-state index in [0.717, 1.165) is 17.7 Å². The fourth-order valence-electron chi connectivity index (χ4n) is 2.94. The maximum atomic E-state index is 12.6. The minimum absolute atomic E-state index is 0.137. The molecule has 1 aromatic heterocycles. The first kappa shape index (κ1) is 19.1. The Hall–Kier alpha value is -2.65. The Morgan fingerprint density at radius 3 is 2.30 bits per heavy atom. The molecule has 1 amide bonds. The zero-order valence-electron chi connectivity index (χ0n) is 14.7. The van der Waals surface area contributed by atoms with E-state index in [1.807, 2.05) is 31.2 Å². The molecule has 1 saturated heterocycles. The van der Waals surface area contributed by atoms with Crippen molar-refractivity contribution in [3.63, 3.8) is 0 Å². The van der Waals surface area contributed by atoms with Crippen LogP contribution in [-0.2, 0) is 14.8 Å². The van der Waals surface area contributed by atoms with Crippen LogP contribution in [0.4, 0.5) is 5.69 Å². The van der Waals surface area contributed by atoms with E-state index in [0.29, 0.717) is 18.5 Å². The number of nitrogens with one attached hydrogen (secondary N) is 1. The molecule has 2 N–H and O–H groups in total. The third kappa shape index (κ3) is 4.20. The number of hydrogen-bond donors (Lipinski definition) is 2. The van der Waals surface area contributed by atoms with Gasteiger partial charge in [0.05, 0.1) is 0 Å². The minimum Gasteiger partial charge on any atom is -0.475 e. The van der Waals surface area contributed by atoms with Crippen molar-refractivity contribution in [2.45, 2.75) is 24.9 Å². The van der Waals surface area contributed by atoms with E-state index < -0.39 is 26.8 Å². The van der Waals surface area contributed by atoms with E-state index in [2.05, 4.69) is 5.32 Å². The fourth-order valence-corrected chi connectivity index (χ4v) is 4.32. The number of furan rings is 1. The third-order valence-corrected chi connectivity index (χ3v) is 6.30. The minimum atomic E-state index is -3.92. The molecule has 1 aliphatic heterocycles. The van der Waals surface area contributed by atoms with Crippen LogP contribution < -0.4 is 5.32 Å². The quantitative estimate of drug-likeness (QED) is 0.806. The standard InChI is InChI=1S/C18H20N2O6S/c1-12-2-4-14(5-3-12)19-17(21)13-8-10-20(11-9-13)27(24,25)16-7-6-15(26-16)18(22)23/h2-7,13H,8-11H2,1H3,(H,19,21)(H,22,23). The highest BCUT2D eigenvalue weighted by molar-refractivity contribution is 7.89. The van der Waals surface area contributed by atoms with E-state index >= 15 is 0 Å². The number of aromatic carboxylic acids is 1. The van der Waals surface area contributed by atoms with E-state index in [9.17, 15) is 18.0 Å². The normalized spacial score (nSPS) is 16.2. The second kappa shape index (κ2) is 7.53. The van der Waals surface area contributed by atoms with E-state index in [-0.39, 0.29) is 24.9 Å². The van der Waals surface area contributed by atoms with E-state index in [1.165, 1.54) is 4.31 Å². The molecule has 9 heteroatoms. The number of carboxylic acid groups (broad SMARTS) is 1. The van der Waals surface area contributed by atoms with Crippen molar-refractivity contribution in [3.8, 4) is 0 Å². The molecular formula is C18H20N2O6S. The van der Waals surface area contributed by atoms with Gasteiger partial charge in [-0.05, 0) is 44.0 Å². The molecule has 1 fully saturated rings. The molecule has 144 valence electrons. The zero-order chi connectivity index (χ0) is 19.6. The number of anilines is 1. The summed E-state index contributed by atoms with van der Waals surface area (Å²) in [4.78, 5) is 23.3. The number of sulfonamides is 1. The van der Waals surface area contributed by atoms with Crippen LogP contribution in [0.25, 0.3) is 0 Å². The summed E-state index contributed by atoms with van der Waals surface area (Å²) < 4.78 is 31.3. The van der Waals surface area contributed by atoms with E-state index in [4.69, 9.17) is 9.52 Å². The average molecular weight is 392 g/mol. The number of benzene rings is 1.